The number of halogens is 2. The van der Waals surface area contributed by atoms with E-state index in [4.69, 9.17) is 0 Å². The van der Waals surface area contributed by atoms with Gasteiger partial charge in [-0.15, -0.1) is 0 Å². The lowest BCUT2D eigenvalue weighted by molar-refractivity contribution is 0.510. The van der Waals surface area contributed by atoms with Crippen molar-refractivity contribution in [3.8, 4) is 0 Å². The van der Waals surface area contributed by atoms with Crippen molar-refractivity contribution in [3.05, 3.63) is 130 Å². The van der Waals surface area contributed by atoms with Gasteiger partial charge in [-0.1, -0.05) is 127 Å². The molecular weight excluding hydrogens is 516 g/mol. The third kappa shape index (κ3) is 4.11. The Morgan fingerprint density at radius 3 is 1.10 bits per heavy atom. The average molecular weight is 548 g/mol. The first-order valence-corrected chi connectivity index (χ1v) is 14.7. The van der Waals surface area contributed by atoms with Crippen LogP contribution in [0.3, 0.4) is 0 Å². The zero-order chi connectivity index (χ0) is 29.4. The van der Waals surface area contributed by atoms with Gasteiger partial charge in [0.15, 0.2) is 11.6 Å². The number of fused-ring (bicyclic) bond motifs is 4. The van der Waals surface area contributed by atoms with E-state index in [1.54, 1.807) is 0 Å². The van der Waals surface area contributed by atoms with E-state index >= 15 is 8.78 Å². The Balaban J connectivity index is 1.65. The molecule has 0 aromatic heterocycles. The van der Waals surface area contributed by atoms with Gasteiger partial charge >= 0.3 is 0 Å². The van der Waals surface area contributed by atoms with Crippen LogP contribution in [0.25, 0.3) is 21.5 Å². The van der Waals surface area contributed by atoms with Crippen LogP contribution in [0, 0.1) is 53.2 Å². The van der Waals surface area contributed by atoms with Crippen molar-refractivity contribution in [1.82, 2.24) is 0 Å². The highest BCUT2D eigenvalue weighted by atomic mass is 19.2. The van der Waals surface area contributed by atoms with Crippen molar-refractivity contribution >= 4 is 67.7 Å². The van der Waals surface area contributed by atoms with E-state index in [0.29, 0.717) is 0 Å². The molecule has 0 saturated carbocycles. The fourth-order valence-electron chi connectivity index (χ4n) is 7.85. The number of benzene rings is 6. The standard InChI is InChI=1S/C38H32B2F2/c1-21-11-23(3)37(24(4)12-21)39-31-17-29-15-27-9-7-8-10-28(27)16-30(29)18-32(31)40(34-20-36(42)35(41)19-33(34)39)38-25(5)13-22(2)14-26(38)6/h7-20H,1-6H3. The molecule has 0 aliphatic carbocycles. The van der Waals surface area contributed by atoms with Crippen LogP contribution in [0.5, 0.6) is 0 Å². The molecule has 0 N–H and O–H groups in total. The van der Waals surface area contributed by atoms with E-state index in [0.717, 1.165) is 32.6 Å². The molecule has 6 aromatic rings. The summed E-state index contributed by atoms with van der Waals surface area (Å²) < 4.78 is 30.5. The topological polar surface area (TPSA) is 0 Å². The summed E-state index contributed by atoms with van der Waals surface area (Å²) in [5.41, 5.74) is 13.4. The van der Waals surface area contributed by atoms with Crippen LogP contribution in [-0.4, -0.2) is 13.4 Å². The molecule has 0 radical (unpaired) electrons. The molecule has 0 amide bonds. The highest BCUT2D eigenvalue weighted by Gasteiger charge is 2.41. The summed E-state index contributed by atoms with van der Waals surface area (Å²) in [7, 11) is 0. The van der Waals surface area contributed by atoms with Gasteiger partial charge in [0.05, 0.1) is 0 Å². The predicted molar refractivity (Wildman–Crippen MR) is 178 cm³/mol. The maximum Gasteiger partial charge on any atom is 0.240 e. The lowest BCUT2D eigenvalue weighted by Gasteiger charge is -2.35. The molecule has 7 rings (SSSR count). The molecular formula is C38H32B2F2. The van der Waals surface area contributed by atoms with E-state index in [2.05, 4.69) is 114 Å². The van der Waals surface area contributed by atoms with Crippen LogP contribution >= 0.6 is 0 Å². The summed E-state index contributed by atoms with van der Waals surface area (Å²) >= 11 is 0. The maximum absolute atomic E-state index is 15.2. The van der Waals surface area contributed by atoms with Gasteiger partial charge in [0.25, 0.3) is 0 Å². The summed E-state index contributed by atoms with van der Waals surface area (Å²) in [6, 6.07) is 29.3. The van der Waals surface area contributed by atoms with Crippen LogP contribution < -0.4 is 32.8 Å². The second-order valence-electron chi connectivity index (χ2n) is 12.4. The molecule has 204 valence electrons. The van der Waals surface area contributed by atoms with Gasteiger partial charge in [-0.2, -0.15) is 0 Å². The minimum Gasteiger partial charge on any atom is -0.204 e. The average Bonchev–Trinajstić information content (AvgIpc) is 2.92. The third-order valence-corrected chi connectivity index (χ3v) is 9.33. The van der Waals surface area contributed by atoms with Gasteiger partial charge in [0, 0.05) is 0 Å². The highest BCUT2D eigenvalue weighted by molar-refractivity contribution is 7.11. The lowest BCUT2D eigenvalue weighted by atomic mass is 9.20. The minimum atomic E-state index is -0.799. The van der Waals surface area contributed by atoms with Gasteiger partial charge in [-0.05, 0) is 87.4 Å². The lowest BCUT2D eigenvalue weighted by Crippen LogP contribution is -2.76. The highest BCUT2D eigenvalue weighted by Crippen LogP contribution is 2.23. The van der Waals surface area contributed by atoms with E-state index < -0.39 is 11.6 Å². The molecule has 0 atom stereocenters. The first-order valence-electron chi connectivity index (χ1n) is 14.7. The fraction of sp³-hybridized carbons (Fsp3) is 0.158. The van der Waals surface area contributed by atoms with Gasteiger partial charge in [-0.25, -0.2) is 8.78 Å². The van der Waals surface area contributed by atoms with Crippen LogP contribution in [0.4, 0.5) is 8.78 Å². The van der Waals surface area contributed by atoms with Crippen LogP contribution in [0.15, 0.2) is 84.9 Å². The summed E-state index contributed by atoms with van der Waals surface area (Å²) in [5.74, 6) is -1.60. The molecule has 0 fully saturated rings. The zero-order valence-corrected chi connectivity index (χ0v) is 25.0. The third-order valence-electron chi connectivity index (χ3n) is 9.33. The number of hydrogen-bond donors (Lipinski definition) is 0. The molecule has 0 bridgehead atoms. The molecule has 4 heteroatoms. The van der Waals surface area contributed by atoms with E-state index in [1.165, 1.54) is 67.2 Å². The molecule has 0 spiro atoms. The zero-order valence-electron chi connectivity index (χ0n) is 25.0. The second kappa shape index (κ2) is 9.70. The Labute approximate surface area is 247 Å². The van der Waals surface area contributed by atoms with Crippen LogP contribution in [0.1, 0.15) is 33.4 Å². The normalized spacial score (nSPS) is 12.7. The number of aryl methyl sites for hydroxylation is 6. The Morgan fingerprint density at radius 1 is 0.405 bits per heavy atom. The Bertz CT molecular complexity index is 1900. The predicted octanol–water partition coefficient (Wildman–Crippen LogP) is 5.47. The second-order valence-corrected chi connectivity index (χ2v) is 12.4. The minimum absolute atomic E-state index is 0.219. The SMILES string of the molecule is Cc1cc(C)c(B2c3cc(F)c(F)cc3B(c3c(C)cc(C)cc3C)c3cc4cc5ccccc5cc4cc32)c(C)c1. The molecule has 6 aromatic carbocycles. The largest absolute Gasteiger partial charge is 0.240 e. The summed E-state index contributed by atoms with van der Waals surface area (Å²) in [4.78, 5) is 0. The molecule has 1 aliphatic heterocycles. The molecule has 42 heavy (non-hydrogen) atoms. The van der Waals surface area contributed by atoms with Gasteiger partial charge < -0.3 is 0 Å². The smallest absolute Gasteiger partial charge is 0.204 e. The van der Waals surface area contributed by atoms with E-state index in [9.17, 15) is 0 Å². The van der Waals surface area contributed by atoms with Crippen LogP contribution in [-0.2, 0) is 0 Å². The first-order chi connectivity index (χ1) is 20.1. The number of rotatable bonds is 2. The monoisotopic (exact) mass is 548 g/mol. The summed E-state index contributed by atoms with van der Waals surface area (Å²) in [6.07, 6.45) is 0. The van der Waals surface area contributed by atoms with E-state index in [-0.39, 0.29) is 13.4 Å². The van der Waals surface area contributed by atoms with E-state index in [1.807, 2.05) is 0 Å². The van der Waals surface area contributed by atoms with Crippen molar-refractivity contribution in [2.45, 2.75) is 41.5 Å². The molecule has 0 nitrogen and oxygen atoms in total. The summed E-state index contributed by atoms with van der Waals surface area (Å²) in [6.45, 7) is 12.4. The van der Waals surface area contributed by atoms with Gasteiger partial charge in [0.1, 0.15) is 0 Å². The molecule has 0 unspecified atom stereocenters. The van der Waals surface area contributed by atoms with Crippen molar-refractivity contribution in [3.63, 3.8) is 0 Å². The Kier molecular flexibility index (Phi) is 6.17. The first kappa shape index (κ1) is 26.7. The maximum atomic E-state index is 15.2. The number of hydrogen-bond acceptors (Lipinski definition) is 0. The van der Waals surface area contributed by atoms with Crippen molar-refractivity contribution in [2.75, 3.05) is 0 Å². The molecule has 0 saturated heterocycles. The van der Waals surface area contributed by atoms with Gasteiger partial charge in [0.2, 0.25) is 13.4 Å². The Hall–Kier alpha value is -4.17. The Morgan fingerprint density at radius 2 is 0.738 bits per heavy atom. The van der Waals surface area contributed by atoms with Gasteiger partial charge in [-0.3, -0.25) is 0 Å². The fourth-order valence-corrected chi connectivity index (χ4v) is 7.85. The molecule has 1 aliphatic rings. The quantitative estimate of drug-likeness (QED) is 0.199. The van der Waals surface area contributed by atoms with Crippen molar-refractivity contribution < 1.29 is 8.78 Å². The van der Waals surface area contributed by atoms with Crippen molar-refractivity contribution in [1.29, 1.82) is 0 Å². The summed E-state index contributed by atoms with van der Waals surface area (Å²) in [5, 5.41) is 4.69. The van der Waals surface area contributed by atoms with Crippen molar-refractivity contribution in [2.24, 2.45) is 0 Å². The van der Waals surface area contributed by atoms with Crippen LogP contribution in [0.2, 0.25) is 0 Å². The molecule has 1 heterocycles.